The van der Waals surface area contributed by atoms with E-state index in [-0.39, 0.29) is 0 Å². The van der Waals surface area contributed by atoms with Gasteiger partial charge in [-0.2, -0.15) is 0 Å². The van der Waals surface area contributed by atoms with Crippen LogP contribution < -0.4 is 0 Å². The highest BCUT2D eigenvalue weighted by atomic mass is 15.2. The van der Waals surface area contributed by atoms with E-state index in [2.05, 4.69) is 30.7 Å². The quantitative estimate of drug-likeness (QED) is 0.643. The number of likely N-dealkylation sites (N-methyl/N-ethyl adjacent to an activating group) is 1. The second-order valence-corrected chi connectivity index (χ2v) is 4.16. The zero-order valence-corrected chi connectivity index (χ0v) is 9.42. The molecule has 1 aliphatic rings. The van der Waals surface area contributed by atoms with Gasteiger partial charge in [0.2, 0.25) is 0 Å². The largest absolute Gasteiger partial charge is 0.305 e. The summed E-state index contributed by atoms with van der Waals surface area (Å²) in [5.74, 6) is 0. The van der Waals surface area contributed by atoms with E-state index in [1.54, 1.807) is 0 Å². The molecule has 0 saturated carbocycles. The first-order valence-corrected chi connectivity index (χ1v) is 5.70. The summed E-state index contributed by atoms with van der Waals surface area (Å²) in [6.07, 6.45) is 4.11. The zero-order valence-electron chi connectivity index (χ0n) is 9.42. The Kier molecular flexibility index (Phi) is 4.74. The van der Waals surface area contributed by atoms with Gasteiger partial charge in [0.1, 0.15) is 0 Å². The molecular formula is C11H24N2. The molecule has 2 nitrogen and oxygen atoms in total. The molecule has 1 rings (SSSR count). The molecule has 0 aromatic carbocycles. The van der Waals surface area contributed by atoms with Crippen LogP contribution in [0.2, 0.25) is 0 Å². The molecule has 1 saturated heterocycles. The van der Waals surface area contributed by atoms with Gasteiger partial charge in [0.15, 0.2) is 0 Å². The Hall–Kier alpha value is -0.0800. The predicted octanol–water partition coefficient (Wildman–Crippen LogP) is 1.81. The Balaban J connectivity index is 2.32. The van der Waals surface area contributed by atoms with Crippen LogP contribution in [0.15, 0.2) is 0 Å². The lowest BCUT2D eigenvalue weighted by atomic mass is 10.2. The summed E-state index contributed by atoms with van der Waals surface area (Å²) >= 11 is 0. The Bertz CT molecular complexity index is 130. The van der Waals surface area contributed by atoms with Gasteiger partial charge in [-0.25, -0.2) is 0 Å². The van der Waals surface area contributed by atoms with Crippen molar-refractivity contribution in [2.45, 2.75) is 39.2 Å². The molecule has 78 valence electrons. The first-order chi connectivity index (χ1) is 6.27. The Morgan fingerprint density at radius 2 is 1.85 bits per heavy atom. The molecule has 1 fully saturated rings. The Labute approximate surface area is 82.9 Å². The monoisotopic (exact) mass is 184 g/mol. The minimum atomic E-state index is 0.799. The van der Waals surface area contributed by atoms with Crippen LogP contribution in [0.25, 0.3) is 0 Å². The number of rotatable bonds is 5. The van der Waals surface area contributed by atoms with E-state index in [1.165, 1.54) is 45.4 Å². The van der Waals surface area contributed by atoms with Crippen molar-refractivity contribution >= 4 is 0 Å². The van der Waals surface area contributed by atoms with E-state index in [1.807, 2.05) is 0 Å². The topological polar surface area (TPSA) is 6.48 Å². The van der Waals surface area contributed by atoms with Crippen molar-refractivity contribution in [1.82, 2.24) is 9.80 Å². The van der Waals surface area contributed by atoms with Crippen molar-refractivity contribution in [3.63, 3.8) is 0 Å². The van der Waals surface area contributed by atoms with Crippen LogP contribution in [-0.4, -0.2) is 49.1 Å². The SMILES string of the molecule is CCC(CN(C)CC)N1CCCC1. The van der Waals surface area contributed by atoms with Crippen molar-refractivity contribution in [3.8, 4) is 0 Å². The fraction of sp³-hybridized carbons (Fsp3) is 1.00. The molecule has 0 aromatic heterocycles. The zero-order chi connectivity index (χ0) is 9.68. The highest BCUT2D eigenvalue weighted by molar-refractivity contribution is 4.77. The van der Waals surface area contributed by atoms with Crippen molar-refractivity contribution < 1.29 is 0 Å². The van der Waals surface area contributed by atoms with Crippen LogP contribution in [-0.2, 0) is 0 Å². The summed E-state index contributed by atoms with van der Waals surface area (Å²) < 4.78 is 0. The molecule has 0 aromatic rings. The van der Waals surface area contributed by atoms with Gasteiger partial charge in [-0.15, -0.1) is 0 Å². The van der Waals surface area contributed by atoms with Crippen LogP contribution in [0.1, 0.15) is 33.1 Å². The summed E-state index contributed by atoms with van der Waals surface area (Å²) in [5, 5.41) is 0. The molecule has 0 N–H and O–H groups in total. The van der Waals surface area contributed by atoms with E-state index in [9.17, 15) is 0 Å². The van der Waals surface area contributed by atoms with E-state index >= 15 is 0 Å². The average molecular weight is 184 g/mol. The molecule has 1 atom stereocenters. The Morgan fingerprint density at radius 3 is 2.31 bits per heavy atom. The van der Waals surface area contributed by atoms with Gasteiger partial charge >= 0.3 is 0 Å². The molecule has 0 aliphatic carbocycles. The minimum absolute atomic E-state index is 0.799. The molecule has 0 radical (unpaired) electrons. The molecular weight excluding hydrogens is 160 g/mol. The van der Waals surface area contributed by atoms with E-state index in [0.717, 1.165) is 6.04 Å². The molecule has 0 amide bonds. The highest BCUT2D eigenvalue weighted by Crippen LogP contribution is 2.14. The van der Waals surface area contributed by atoms with Crippen molar-refractivity contribution in [2.75, 3.05) is 33.2 Å². The van der Waals surface area contributed by atoms with E-state index < -0.39 is 0 Å². The third-order valence-corrected chi connectivity index (χ3v) is 3.19. The summed E-state index contributed by atoms with van der Waals surface area (Å²) in [6, 6.07) is 0.799. The van der Waals surface area contributed by atoms with Gasteiger partial charge in [0, 0.05) is 12.6 Å². The van der Waals surface area contributed by atoms with Crippen LogP contribution in [0, 0.1) is 0 Å². The summed E-state index contributed by atoms with van der Waals surface area (Å²) in [7, 11) is 2.22. The van der Waals surface area contributed by atoms with E-state index in [4.69, 9.17) is 0 Å². The number of hydrogen-bond donors (Lipinski definition) is 0. The average Bonchev–Trinajstić information content (AvgIpc) is 2.66. The van der Waals surface area contributed by atoms with Crippen LogP contribution in [0.3, 0.4) is 0 Å². The highest BCUT2D eigenvalue weighted by Gasteiger charge is 2.20. The fourth-order valence-corrected chi connectivity index (χ4v) is 2.10. The van der Waals surface area contributed by atoms with Gasteiger partial charge in [0.25, 0.3) is 0 Å². The van der Waals surface area contributed by atoms with Crippen LogP contribution in [0.4, 0.5) is 0 Å². The number of likely N-dealkylation sites (tertiary alicyclic amines) is 1. The minimum Gasteiger partial charge on any atom is -0.305 e. The molecule has 0 spiro atoms. The third-order valence-electron chi connectivity index (χ3n) is 3.19. The first kappa shape index (κ1) is 11.0. The van der Waals surface area contributed by atoms with E-state index in [0.29, 0.717) is 0 Å². The van der Waals surface area contributed by atoms with Crippen LogP contribution >= 0.6 is 0 Å². The Morgan fingerprint density at radius 1 is 1.23 bits per heavy atom. The molecule has 1 aliphatic heterocycles. The lowest BCUT2D eigenvalue weighted by Crippen LogP contribution is -2.41. The van der Waals surface area contributed by atoms with Crippen molar-refractivity contribution in [2.24, 2.45) is 0 Å². The maximum atomic E-state index is 2.66. The normalized spacial score (nSPS) is 21.2. The van der Waals surface area contributed by atoms with Crippen molar-refractivity contribution in [1.29, 1.82) is 0 Å². The third kappa shape index (κ3) is 3.28. The molecule has 0 bridgehead atoms. The molecule has 13 heavy (non-hydrogen) atoms. The molecule has 1 heterocycles. The maximum absolute atomic E-state index is 2.66. The standard InChI is InChI=1S/C11H24N2/c1-4-11(10-12(3)5-2)13-8-6-7-9-13/h11H,4-10H2,1-3H3. The molecule has 2 heteroatoms. The summed E-state index contributed by atoms with van der Waals surface area (Å²) in [4.78, 5) is 5.08. The lowest BCUT2D eigenvalue weighted by Gasteiger charge is -2.30. The van der Waals surface area contributed by atoms with Crippen LogP contribution in [0.5, 0.6) is 0 Å². The number of nitrogens with zero attached hydrogens (tertiary/aromatic N) is 2. The summed E-state index contributed by atoms with van der Waals surface area (Å²) in [5.41, 5.74) is 0. The van der Waals surface area contributed by atoms with Gasteiger partial charge in [-0.1, -0.05) is 13.8 Å². The van der Waals surface area contributed by atoms with Gasteiger partial charge in [0.05, 0.1) is 0 Å². The van der Waals surface area contributed by atoms with Gasteiger partial charge in [-0.05, 0) is 45.9 Å². The molecule has 1 unspecified atom stereocenters. The lowest BCUT2D eigenvalue weighted by molar-refractivity contribution is 0.179. The summed E-state index contributed by atoms with van der Waals surface area (Å²) in [6.45, 7) is 9.62. The fourth-order valence-electron chi connectivity index (χ4n) is 2.10. The smallest absolute Gasteiger partial charge is 0.0220 e. The number of hydrogen-bond acceptors (Lipinski definition) is 2. The second-order valence-electron chi connectivity index (χ2n) is 4.16. The predicted molar refractivity (Wildman–Crippen MR) is 58.1 cm³/mol. The van der Waals surface area contributed by atoms with Gasteiger partial charge in [-0.3, -0.25) is 4.90 Å². The van der Waals surface area contributed by atoms with Crippen molar-refractivity contribution in [3.05, 3.63) is 0 Å². The second kappa shape index (κ2) is 5.61. The maximum Gasteiger partial charge on any atom is 0.0220 e. The van der Waals surface area contributed by atoms with Gasteiger partial charge < -0.3 is 4.90 Å². The first-order valence-electron chi connectivity index (χ1n) is 5.70.